The molecule has 2 heterocycles. The molecular formula is C18H12N4OS. The van der Waals surface area contributed by atoms with Crippen LogP contribution in [0.3, 0.4) is 0 Å². The van der Waals surface area contributed by atoms with E-state index in [9.17, 15) is 4.79 Å². The minimum absolute atomic E-state index is 0.291. The first kappa shape index (κ1) is 13.7. The SMILES string of the molecule is CCSc1nc(=O)c2nc3c4cccc5cccc(c3[nH]c2n1)c54. The minimum atomic E-state index is -0.335. The zero-order chi connectivity index (χ0) is 16.3. The van der Waals surface area contributed by atoms with E-state index >= 15 is 0 Å². The van der Waals surface area contributed by atoms with Crippen molar-refractivity contribution in [1.29, 1.82) is 0 Å². The van der Waals surface area contributed by atoms with Gasteiger partial charge in [-0.2, -0.15) is 4.98 Å². The largest absolute Gasteiger partial charge is 0.336 e. The van der Waals surface area contributed by atoms with Gasteiger partial charge in [0.25, 0.3) is 0 Å². The zero-order valence-corrected chi connectivity index (χ0v) is 13.6. The Labute approximate surface area is 140 Å². The predicted octanol–water partition coefficient (Wildman–Crippen LogP) is 3.72. The highest BCUT2D eigenvalue weighted by molar-refractivity contribution is 7.99. The minimum Gasteiger partial charge on any atom is -0.336 e. The molecule has 5 aromatic rings. The van der Waals surface area contributed by atoms with Gasteiger partial charge in [0.05, 0.1) is 11.0 Å². The van der Waals surface area contributed by atoms with E-state index in [2.05, 4.69) is 38.1 Å². The molecule has 0 saturated carbocycles. The van der Waals surface area contributed by atoms with Gasteiger partial charge in [0, 0.05) is 16.2 Å². The van der Waals surface area contributed by atoms with Crippen LogP contribution in [0.25, 0.3) is 43.7 Å². The Hall–Kier alpha value is -2.73. The Morgan fingerprint density at radius 3 is 2.58 bits per heavy atom. The highest BCUT2D eigenvalue weighted by Gasteiger charge is 2.16. The smallest absolute Gasteiger partial charge is 0.301 e. The van der Waals surface area contributed by atoms with Gasteiger partial charge in [-0.3, -0.25) is 4.79 Å². The van der Waals surface area contributed by atoms with Crippen LogP contribution in [0.5, 0.6) is 0 Å². The van der Waals surface area contributed by atoms with Gasteiger partial charge in [0.1, 0.15) is 0 Å². The summed E-state index contributed by atoms with van der Waals surface area (Å²) >= 11 is 1.45. The fourth-order valence-corrected chi connectivity index (χ4v) is 3.84. The highest BCUT2D eigenvalue weighted by atomic mass is 32.2. The quantitative estimate of drug-likeness (QED) is 0.394. The molecule has 0 bridgehead atoms. The van der Waals surface area contributed by atoms with Crippen molar-refractivity contribution < 1.29 is 0 Å². The molecule has 0 aliphatic carbocycles. The molecule has 0 fully saturated rings. The van der Waals surface area contributed by atoms with Crippen LogP contribution < -0.4 is 5.56 Å². The van der Waals surface area contributed by atoms with Gasteiger partial charge in [-0.05, 0) is 11.1 Å². The lowest BCUT2D eigenvalue weighted by Gasteiger charge is -2.01. The maximum absolute atomic E-state index is 12.3. The Morgan fingerprint density at radius 1 is 1.00 bits per heavy atom. The fourth-order valence-electron chi connectivity index (χ4n) is 3.28. The van der Waals surface area contributed by atoms with Crippen molar-refractivity contribution in [2.75, 3.05) is 5.75 Å². The molecular weight excluding hydrogens is 320 g/mol. The number of thioether (sulfide) groups is 1. The molecule has 0 amide bonds. The van der Waals surface area contributed by atoms with Crippen molar-refractivity contribution in [2.24, 2.45) is 0 Å². The number of benzene rings is 2. The number of nitrogens with zero attached hydrogens (tertiary/aromatic N) is 3. The number of H-pyrrole nitrogens is 1. The van der Waals surface area contributed by atoms with Gasteiger partial charge in [-0.1, -0.05) is 55.1 Å². The summed E-state index contributed by atoms with van der Waals surface area (Å²) in [4.78, 5) is 28.8. The van der Waals surface area contributed by atoms with Crippen LogP contribution in [-0.2, 0) is 0 Å². The first-order chi connectivity index (χ1) is 11.8. The van der Waals surface area contributed by atoms with Crippen LogP contribution in [-0.4, -0.2) is 25.7 Å². The molecule has 0 atom stereocenters. The summed E-state index contributed by atoms with van der Waals surface area (Å²) in [5.74, 6) is 0.814. The number of fused-ring (bicyclic) bond motifs is 4. The summed E-state index contributed by atoms with van der Waals surface area (Å²) in [6.07, 6.45) is 0. The van der Waals surface area contributed by atoms with Crippen molar-refractivity contribution in [1.82, 2.24) is 19.9 Å². The molecule has 0 unspecified atom stereocenters. The van der Waals surface area contributed by atoms with Crippen LogP contribution in [0.15, 0.2) is 46.3 Å². The molecule has 6 heteroatoms. The second kappa shape index (κ2) is 4.88. The Bertz CT molecular complexity index is 1290. The van der Waals surface area contributed by atoms with E-state index in [-0.39, 0.29) is 5.56 Å². The van der Waals surface area contributed by atoms with Crippen LogP contribution in [0, 0.1) is 0 Å². The summed E-state index contributed by atoms with van der Waals surface area (Å²) in [6.45, 7) is 2.00. The number of aromatic amines is 1. The molecule has 1 N–H and O–H groups in total. The molecule has 2 aromatic heterocycles. The molecule has 0 spiro atoms. The Balaban J connectivity index is 2.01. The topological polar surface area (TPSA) is 71.5 Å². The fraction of sp³-hybridized carbons (Fsp3) is 0.111. The summed E-state index contributed by atoms with van der Waals surface area (Å²) in [6, 6.07) is 12.3. The molecule has 0 aliphatic heterocycles. The molecule has 5 rings (SSSR count). The summed E-state index contributed by atoms with van der Waals surface area (Å²) < 4.78 is 0. The van der Waals surface area contributed by atoms with Gasteiger partial charge < -0.3 is 4.98 Å². The van der Waals surface area contributed by atoms with Crippen molar-refractivity contribution in [3.8, 4) is 0 Å². The molecule has 0 saturated heterocycles. The van der Waals surface area contributed by atoms with E-state index in [1.807, 2.05) is 25.1 Å². The molecule has 0 radical (unpaired) electrons. The lowest BCUT2D eigenvalue weighted by atomic mass is 10.1. The Morgan fingerprint density at radius 2 is 1.79 bits per heavy atom. The third kappa shape index (κ3) is 1.77. The maximum atomic E-state index is 12.3. The second-order valence-electron chi connectivity index (χ2n) is 5.61. The zero-order valence-electron chi connectivity index (χ0n) is 12.8. The van der Waals surface area contributed by atoms with Crippen LogP contribution >= 0.6 is 11.8 Å². The molecule has 0 aliphatic rings. The number of hydrogen-bond donors (Lipinski definition) is 1. The normalized spacial score (nSPS) is 12.0. The molecule has 116 valence electrons. The number of rotatable bonds is 2. The van der Waals surface area contributed by atoms with Gasteiger partial charge in [-0.15, -0.1) is 0 Å². The van der Waals surface area contributed by atoms with E-state index in [1.165, 1.54) is 11.8 Å². The summed E-state index contributed by atoms with van der Waals surface area (Å²) in [5.41, 5.74) is 2.16. The van der Waals surface area contributed by atoms with Gasteiger partial charge in [0.15, 0.2) is 16.3 Å². The second-order valence-corrected chi connectivity index (χ2v) is 6.84. The third-order valence-electron chi connectivity index (χ3n) is 4.24. The average Bonchev–Trinajstić information content (AvgIpc) is 2.90. The molecule has 3 aromatic carbocycles. The van der Waals surface area contributed by atoms with Crippen molar-refractivity contribution >= 4 is 55.5 Å². The number of nitrogens with one attached hydrogen (secondary N) is 1. The van der Waals surface area contributed by atoms with Crippen molar-refractivity contribution in [2.45, 2.75) is 12.1 Å². The van der Waals surface area contributed by atoms with Crippen LogP contribution in [0.1, 0.15) is 6.92 Å². The first-order valence-electron chi connectivity index (χ1n) is 7.73. The van der Waals surface area contributed by atoms with E-state index in [0.717, 1.165) is 38.3 Å². The van der Waals surface area contributed by atoms with Crippen LogP contribution in [0.2, 0.25) is 0 Å². The third-order valence-corrected chi connectivity index (χ3v) is 4.97. The van der Waals surface area contributed by atoms with Crippen LogP contribution in [0.4, 0.5) is 0 Å². The first-order valence-corrected chi connectivity index (χ1v) is 8.72. The lowest BCUT2D eigenvalue weighted by molar-refractivity contribution is 0.958. The van der Waals surface area contributed by atoms with E-state index in [4.69, 9.17) is 0 Å². The maximum Gasteiger partial charge on any atom is 0.301 e. The summed E-state index contributed by atoms with van der Waals surface area (Å²) in [5, 5.41) is 4.96. The van der Waals surface area contributed by atoms with Gasteiger partial charge >= 0.3 is 5.56 Å². The standard InChI is InChI=1S/C18H12N4OS/c1-2-24-18-21-16-15(17(23)22-18)19-13-10-7-3-5-9-6-4-8-11(12(9)10)14(13)20-16/h3-8H,2H2,1H3,(H,20,21,22,23). The Kier molecular flexibility index (Phi) is 2.78. The summed E-state index contributed by atoms with van der Waals surface area (Å²) in [7, 11) is 0. The number of aromatic nitrogens is 4. The lowest BCUT2D eigenvalue weighted by Crippen LogP contribution is -2.11. The monoisotopic (exact) mass is 332 g/mol. The van der Waals surface area contributed by atoms with Crippen molar-refractivity contribution in [3.63, 3.8) is 0 Å². The van der Waals surface area contributed by atoms with E-state index < -0.39 is 0 Å². The number of hydrogen-bond acceptors (Lipinski definition) is 5. The average molecular weight is 332 g/mol. The molecule has 24 heavy (non-hydrogen) atoms. The van der Waals surface area contributed by atoms with Gasteiger partial charge in [0.2, 0.25) is 0 Å². The van der Waals surface area contributed by atoms with E-state index in [0.29, 0.717) is 16.3 Å². The van der Waals surface area contributed by atoms with Gasteiger partial charge in [-0.25, -0.2) is 9.97 Å². The van der Waals surface area contributed by atoms with E-state index in [1.54, 1.807) is 0 Å². The predicted molar refractivity (Wildman–Crippen MR) is 98.1 cm³/mol. The van der Waals surface area contributed by atoms with Crippen molar-refractivity contribution in [3.05, 3.63) is 46.8 Å². The molecule has 5 nitrogen and oxygen atoms in total. The highest BCUT2D eigenvalue weighted by Crippen LogP contribution is 2.36.